The summed E-state index contributed by atoms with van der Waals surface area (Å²) in [7, 11) is 0. The van der Waals surface area contributed by atoms with Gasteiger partial charge in [-0.3, -0.25) is 4.79 Å². The number of carbonyl (C=O) groups excluding carboxylic acids is 1. The van der Waals surface area contributed by atoms with Crippen molar-refractivity contribution >= 4 is 5.91 Å². The molecule has 4 heteroatoms. The third-order valence-corrected chi connectivity index (χ3v) is 2.80. The third-order valence-electron chi connectivity index (χ3n) is 2.80. The summed E-state index contributed by atoms with van der Waals surface area (Å²) in [5.41, 5.74) is 1.16. The van der Waals surface area contributed by atoms with Crippen molar-refractivity contribution < 1.29 is 14.6 Å². The monoisotopic (exact) mass is 265 g/mol. The molecule has 0 aliphatic carbocycles. The summed E-state index contributed by atoms with van der Waals surface area (Å²) in [6, 6.07) is 7.60. The van der Waals surface area contributed by atoms with Gasteiger partial charge in [-0.2, -0.15) is 0 Å². The molecule has 0 bridgehead atoms. The van der Waals surface area contributed by atoms with Gasteiger partial charge in [0.1, 0.15) is 5.75 Å². The molecule has 4 nitrogen and oxygen atoms in total. The molecule has 1 amide bonds. The van der Waals surface area contributed by atoms with Crippen LogP contribution in [-0.4, -0.2) is 29.8 Å². The Labute approximate surface area is 114 Å². The van der Waals surface area contributed by atoms with Crippen LogP contribution < -0.4 is 10.1 Å². The maximum Gasteiger partial charge on any atom is 0.260 e. The zero-order valence-corrected chi connectivity index (χ0v) is 11.8. The van der Waals surface area contributed by atoms with Gasteiger partial charge in [0.15, 0.2) is 6.10 Å². The fourth-order valence-corrected chi connectivity index (χ4v) is 1.63. The molecule has 0 heterocycles. The smallest absolute Gasteiger partial charge is 0.260 e. The summed E-state index contributed by atoms with van der Waals surface area (Å²) >= 11 is 0. The fraction of sp³-hybridized carbons (Fsp3) is 0.533. The van der Waals surface area contributed by atoms with Crippen molar-refractivity contribution in [3.05, 3.63) is 29.8 Å². The van der Waals surface area contributed by atoms with Crippen LogP contribution in [0.25, 0.3) is 0 Å². The number of aryl methyl sites for hydroxylation is 1. The maximum absolute atomic E-state index is 11.8. The van der Waals surface area contributed by atoms with Gasteiger partial charge in [-0.1, -0.05) is 17.7 Å². The van der Waals surface area contributed by atoms with Crippen molar-refractivity contribution in [1.29, 1.82) is 0 Å². The third kappa shape index (κ3) is 6.25. The van der Waals surface area contributed by atoms with Gasteiger partial charge in [0.05, 0.1) is 6.10 Å². The Kier molecular flexibility index (Phi) is 6.36. The van der Waals surface area contributed by atoms with Gasteiger partial charge >= 0.3 is 0 Å². The zero-order chi connectivity index (χ0) is 14.3. The Balaban J connectivity index is 2.30. The molecule has 2 atom stereocenters. The van der Waals surface area contributed by atoms with Crippen LogP contribution >= 0.6 is 0 Å². The average Bonchev–Trinajstić information content (AvgIpc) is 2.36. The minimum atomic E-state index is -0.519. The number of rotatable bonds is 7. The minimum Gasteiger partial charge on any atom is -0.481 e. The number of aliphatic hydroxyl groups excluding tert-OH is 1. The van der Waals surface area contributed by atoms with Crippen LogP contribution in [0, 0.1) is 6.92 Å². The Morgan fingerprint density at radius 3 is 2.53 bits per heavy atom. The molecule has 2 unspecified atom stereocenters. The largest absolute Gasteiger partial charge is 0.481 e. The first kappa shape index (κ1) is 15.5. The molecular weight excluding hydrogens is 242 g/mol. The predicted octanol–water partition coefficient (Wildman–Crippen LogP) is 2.04. The number of aliphatic hydroxyl groups is 1. The van der Waals surface area contributed by atoms with Crippen LogP contribution in [0.15, 0.2) is 24.3 Å². The van der Waals surface area contributed by atoms with E-state index in [1.165, 1.54) is 0 Å². The molecule has 0 aliphatic heterocycles. The number of hydrogen-bond donors (Lipinski definition) is 2. The van der Waals surface area contributed by atoms with Crippen LogP contribution in [-0.2, 0) is 4.79 Å². The number of carbonyl (C=O) groups is 1. The van der Waals surface area contributed by atoms with Crippen molar-refractivity contribution in [2.75, 3.05) is 6.54 Å². The summed E-state index contributed by atoms with van der Waals surface area (Å²) in [4.78, 5) is 11.8. The molecule has 1 aromatic rings. The highest BCUT2D eigenvalue weighted by atomic mass is 16.5. The van der Waals surface area contributed by atoms with Gasteiger partial charge in [0, 0.05) is 6.54 Å². The van der Waals surface area contributed by atoms with E-state index in [-0.39, 0.29) is 12.0 Å². The Morgan fingerprint density at radius 1 is 1.32 bits per heavy atom. The fourth-order valence-electron chi connectivity index (χ4n) is 1.63. The Hall–Kier alpha value is -1.55. The normalized spacial score (nSPS) is 13.7. The van der Waals surface area contributed by atoms with Gasteiger partial charge in [-0.15, -0.1) is 0 Å². The average molecular weight is 265 g/mol. The van der Waals surface area contributed by atoms with E-state index in [9.17, 15) is 4.79 Å². The lowest BCUT2D eigenvalue weighted by molar-refractivity contribution is -0.127. The van der Waals surface area contributed by atoms with Crippen molar-refractivity contribution in [2.24, 2.45) is 0 Å². The van der Waals surface area contributed by atoms with Gasteiger partial charge in [0.2, 0.25) is 0 Å². The first-order valence-corrected chi connectivity index (χ1v) is 6.68. The summed E-state index contributed by atoms with van der Waals surface area (Å²) in [5.74, 6) is 0.559. The number of nitrogens with one attached hydrogen (secondary N) is 1. The summed E-state index contributed by atoms with van der Waals surface area (Å²) in [5, 5.41) is 11.9. The second-order valence-corrected chi connectivity index (χ2v) is 4.86. The number of hydrogen-bond acceptors (Lipinski definition) is 3. The Bertz CT molecular complexity index is 387. The molecule has 0 spiro atoms. The topological polar surface area (TPSA) is 58.6 Å². The predicted molar refractivity (Wildman–Crippen MR) is 75.2 cm³/mol. The highest BCUT2D eigenvalue weighted by Crippen LogP contribution is 2.13. The van der Waals surface area contributed by atoms with Crippen LogP contribution in [0.2, 0.25) is 0 Å². The highest BCUT2D eigenvalue weighted by molar-refractivity contribution is 5.80. The molecule has 1 aromatic carbocycles. The van der Waals surface area contributed by atoms with E-state index in [2.05, 4.69) is 5.32 Å². The minimum absolute atomic E-state index is 0.133. The van der Waals surface area contributed by atoms with E-state index in [1.807, 2.05) is 31.2 Å². The molecule has 1 rings (SSSR count). The molecule has 2 N–H and O–H groups in total. The number of amides is 1. The standard InChI is InChI=1S/C15H23NO3/c1-11-6-8-14(9-7-11)19-13(3)15(18)16-10-4-5-12(2)17/h6-9,12-13,17H,4-5,10H2,1-3H3,(H,16,18). The molecule has 106 valence electrons. The number of benzene rings is 1. The molecule has 0 saturated heterocycles. The van der Waals surface area contributed by atoms with E-state index in [1.54, 1.807) is 13.8 Å². The SMILES string of the molecule is Cc1ccc(OC(C)C(=O)NCCCC(C)O)cc1. The lowest BCUT2D eigenvalue weighted by Gasteiger charge is -2.15. The van der Waals surface area contributed by atoms with E-state index < -0.39 is 6.10 Å². The molecule has 19 heavy (non-hydrogen) atoms. The van der Waals surface area contributed by atoms with Crippen LogP contribution in [0.5, 0.6) is 5.75 Å². The van der Waals surface area contributed by atoms with E-state index >= 15 is 0 Å². The molecule has 0 fully saturated rings. The second-order valence-electron chi connectivity index (χ2n) is 4.86. The summed E-state index contributed by atoms with van der Waals surface area (Å²) in [6.45, 7) is 6.03. The van der Waals surface area contributed by atoms with Gasteiger partial charge < -0.3 is 15.2 Å². The van der Waals surface area contributed by atoms with Gasteiger partial charge in [-0.05, 0) is 45.7 Å². The molecule has 0 aromatic heterocycles. The lowest BCUT2D eigenvalue weighted by Crippen LogP contribution is -2.37. The highest BCUT2D eigenvalue weighted by Gasteiger charge is 2.13. The van der Waals surface area contributed by atoms with Gasteiger partial charge in [-0.25, -0.2) is 0 Å². The second kappa shape index (κ2) is 7.79. The Morgan fingerprint density at radius 2 is 1.95 bits per heavy atom. The van der Waals surface area contributed by atoms with E-state index in [4.69, 9.17) is 9.84 Å². The lowest BCUT2D eigenvalue weighted by atomic mass is 10.2. The van der Waals surface area contributed by atoms with E-state index in [0.29, 0.717) is 18.7 Å². The van der Waals surface area contributed by atoms with Gasteiger partial charge in [0.25, 0.3) is 5.91 Å². The maximum atomic E-state index is 11.8. The summed E-state index contributed by atoms with van der Waals surface area (Å²) in [6.07, 6.45) is 0.612. The number of ether oxygens (including phenoxy) is 1. The first-order valence-electron chi connectivity index (χ1n) is 6.68. The molecule has 0 aliphatic rings. The van der Waals surface area contributed by atoms with E-state index in [0.717, 1.165) is 12.0 Å². The quantitative estimate of drug-likeness (QED) is 0.742. The molecular formula is C15H23NO3. The molecule has 0 saturated carbocycles. The zero-order valence-electron chi connectivity index (χ0n) is 11.8. The van der Waals surface area contributed by atoms with Crippen LogP contribution in [0.1, 0.15) is 32.3 Å². The molecule has 0 radical (unpaired) electrons. The van der Waals surface area contributed by atoms with Crippen LogP contribution in [0.4, 0.5) is 0 Å². The summed E-state index contributed by atoms with van der Waals surface area (Å²) < 4.78 is 5.55. The van der Waals surface area contributed by atoms with Crippen molar-refractivity contribution in [1.82, 2.24) is 5.32 Å². The van der Waals surface area contributed by atoms with Crippen molar-refractivity contribution in [3.8, 4) is 5.75 Å². The van der Waals surface area contributed by atoms with Crippen LogP contribution in [0.3, 0.4) is 0 Å². The first-order chi connectivity index (χ1) is 8.99. The van der Waals surface area contributed by atoms with Crippen molar-refractivity contribution in [2.45, 2.75) is 45.8 Å². The van der Waals surface area contributed by atoms with Crippen molar-refractivity contribution in [3.63, 3.8) is 0 Å².